The van der Waals surface area contributed by atoms with Crippen molar-refractivity contribution in [2.45, 2.75) is 39.0 Å². The molecule has 2 rings (SSSR count). The van der Waals surface area contributed by atoms with Crippen molar-refractivity contribution in [3.05, 3.63) is 35.4 Å². The van der Waals surface area contributed by atoms with Gasteiger partial charge < -0.3 is 5.11 Å². The van der Waals surface area contributed by atoms with Gasteiger partial charge in [0.15, 0.2) is 11.6 Å². The van der Waals surface area contributed by atoms with E-state index >= 15 is 0 Å². The van der Waals surface area contributed by atoms with E-state index in [1.54, 1.807) is 0 Å². The predicted octanol–water partition coefficient (Wildman–Crippen LogP) is 3.79. The molecule has 1 aromatic rings. The van der Waals surface area contributed by atoms with Crippen LogP contribution in [0.25, 0.3) is 0 Å². The van der Waals surface area contributed by atoms with Crippen LogP contribution in [0.2, 0.25) is 0 Å². The van der Waals surface area contributed by atoms with E-state index in [4.69, 9.17) is 0 Å². The fourth-order valence-electron chi connectivity index (χ4n) is 3.07. The van der Waals surface area contributed by atoms with Crippen molar-refractivity contribution in [2.75, 3.05) is 0 Å². The van der Waals surface area contributed by atoms with Gasteiger partial charge in [0.1, 0.15) is 0 Å². The van der Waals surface area contributed by atoms with E-state index in [1.165, 1.54) is 12.1 Å². The van der Waals surface area contributed by atoms with E-state index in [2.05, 4.69) is 0 Å². The van der Waals surface area contributed by atoms with E-state index in [1.807, 2.05) is 6.92 Å². The monoisotopic (exact) mass is 268 g/mol. The van der Waals surface area contributed by atoms with Crippen molar-refractivity contribution >= 4 is 5.97 Å². The number of hydrogen-bond acceptors (Lipinski definition) is 1. The lowest BCUT2D eigenvalue weighted by atomic mass is 9.79. The van der Waals surface area contributed by atoms with Gasteiger partial charge in [-0.3, -0.25) is 4.79 Å². The van der Waals surface area contributed by atoms with Gasteiger partial charge in [-0.25, -0.2) is 8.78 Å². The molecular weight excluding hydrogens is 250 g/mol. The maximum Gasteiger partial charge on any atom is 0.309 e. The number of hydrogen-bond donors (Lipinski definition) is 1. The summed E-state index contributed by atoms with van der Waals surface area (Å²) in [6, 6.07) is 3.95. The Labute approximate surface area is 111 Å². The summed E-state index contributed by atoms with van der Waals surface area (Å²) in [4.78, 5) is 11.6. The van der Waals surface area contributed by atoms with Gasteiger partial charge in [-0.15, -0.1) is 0 Å². The van der Waals surface area contributed by atoms with Gasteiger partial charge in [0.2, 0.25) is 0 Å². The van der Waals surface area contributed by atoms with Crippen LogP contribution in [0.15, 0.2) is 18.2 Å². The summed E-state index contributed by atoms with van der Waals surface area (Å²) in [5, 5.41) is 9.48. The average molecular weight is 268 g/mol. The van der Waals surface area contributed by atoms with Crippen LogP contribution < -0.4 is 0 Å². The van der Waals surface area contributed by atoms with E-state index in [-0.39, 0.29) is 12.0 Å². The predicted molar refractivity (Wildman–Crippen MR) is 67.8 cm³/mol. The normalized spacial score (nSPS) is 26.6. The lowest BCUT2D eigenvalue weighted by Gasteiger charge is -2.24. The highest BCUT2D eigenvalue weighted by Gasteiger charge is 2.45. The molecule has 2 atom stereocenters. The summed E-state index contributed by atoms with van der Waals surface area (Å²) in [7, 11) is 0. The van der Waals surface area contributed by atoms with Crippen molar-refractivity contribution in [3.8, 4) is 0 Å². The van der Waals surface area contributed by atoms with Gasteiger partial charge in [-0.2, -0.15) is 0 Å². The zero-order valence-corrected chi connectivity index (χ0v) is 11.0. The first kappa shape index (κ1) is 14.0. The quantitative estimate of drug-likeness (QED) is 0.902. The Morgan fingerprint density at radius 1 is 1.47 bits per heavy atom. The number of carboxylic acids is 1. The molecule has 0 radical (unpaired) electrons. The molecule has 0 heterocycles. The van der Waals surface area contributed by atoms with Gasteiger partial charge in [-0.1, -0.05) is 25.5 Å². The van der Waals surface area contributed by atoms with Crippen LogP contribution in [0.5, 0.6) is 0 Å². The minimum absolute atomic E-state index is 0.0719. The first-order valence-electron chi connectivity index (χ1n) is 6.65. The van der Waals surface area contributed by atoms with Gasteiger partial charge in [-0.05, 0) is 43.2 Å². The fourth-order valence-corrected chi connectivity index (χ4v) is 3.07. The number of aliphatic carboxylic acids is 1. The molecule has 2 unspecified atom stereocenters. The van der Waals surface area contributed by atoms with Gasteiger partial charge in [0.05, 0.1) is 5.41 Å². The zero-order valence-electron chi connectivity index (χ0n) is 11.0. The van der Waals surface area contributed by atoms with Gasteiger partial charge in [0, 0.05) is 0 Å². The molecule has 0 spiro atoms. The lowest BCUT2D eigenvalue weighted by molar-refractivity contribution is -0.148. The van der Waals surface area contributed by atoms with E-state index in [0.29, 0.717) is 18.8 Å². The summed E-state index contributed by atoms with van der Waals surface area (Å²) < 4.78 is 26.9. The Balaban J connectivity index is 2.28. The maximum absolute atomic E-state index is 13.7. The Kier molecular flexibility index (Phi) is 3.88. The van der Waals surface area contributed by atoms with Gasteiger partial charge in [0.25, 0.3) is 0 Å². The molecule has 1 aromatic carbocycles. The molecular formula is C15H18F2O2. The molecule has 19 heavy (non-hydrogen) atoms. The van der Waals surface area contributed by atoms with Crippen molar-refractivity contribution in [1.82, 2.24) is 0 Å². The van der Waals surface area contributed by atoms with Crippen molar-refractivity contribution in [1.29, 1.82) is 0 Å². The largest absolute Gasteiger partial charge is 0.481 e. The van der Waals surface area contributed by atoms with Crippen LogP contribution in [0.1, 0.15) is 38.2 Å². The van der Waals surface area contributed by atoms with E-state index < -0.39 is 23.0 Å². The summed E-state index contributed by atoms with van der Waals surface area (Å²) in [5.74, 6) is -2.36. The first-order chi connectivity index (χ1) is 8.98. The molecule has 0 bridgehead atoms. The molecule has 1 N–H and O–H groups in total. The Morgan fingerprint density at radius 2 is 2.21 bits per heavy atom. The molecule has 0 amide bonds. The standard InChI is InChI=1S/C15H18F2O2/c1-2-10-6-7-15(8-10,14(18)19)9-11-4-3-5-12(16)13(11)17/h3-5,10H,2,6-9H2,1H3,(H,18,19). The Bertz CT molecular complexity index is 487. The molecule has 4 heteroatoms. The number of benzene rings is 1. The second-order valence-electron chi connectivity index (χ2n) is 5.49. The molecule has 104 valence electrons. The second kappa shape index (κ2) is 5.27. The minimum atomic E-state index is -0.935. The van der Waals surface area contributed by atoms with Crippen LogP contribution in [-0.2, 0) is 11.2 Å². The molecule has 2 nitrogen and oxygen atoms in total. The molecule has 0 aliphatic heterocycles. The number of carboxylic acid groups (broad SMARTS) is 1. The van der Waals surface area contributed by atoms with E-state index in [0.717, 1.165) is 18.9 Å². The zero-order chi connectivity index (χ0) is 14.0. The van der Waals surface area contributed by atoms with Gasteiger partial charge >= 0.3 is 5.97 Å². The third kappa shape index (κ3) is 2.62. The highest BCUT2D eigenvalue weighted by molar-refractivity contribution is 5.75. The van der Waals surface area contributed by atoms with Crippen LogP contribution in [0, 0.1) is 23.0 Å². The molecule has 1 fully saturated rings. The third-order valence-corrected chi connectivity index (χ3v) is 4.30. The summed E-state index contributed by atoms with van der Waals surface area (Å²) in [6.07, 6.45) is 2.94. The van der Waals surface area contributed by atoms with Crippen molar-refractivity contribution in [3.63, 3.8) is 0 Å². The smallest absolute Gasteiger partial charge is 0.309 e. The van der Waals surface area contributed by atoms with Crippen LogP contribution >= 0.6 is 0 Å². The van der Waals surface area contributed by atoms with Crippen molar-refractivity contribution < 1.29 is 18.7 Å². The molecule has 1 aliphatic rings. The SMILES string of the molecule is CCC1CCC(Cc2cccc(F)c2F)(C(=O)O)C1. The first-order valence-corrected chi connectivity index (χ1v) is 6.65. The van der Waals surface area contributed by atoms with Crippen LogP contribution in [-0.4, -0.2) is 11.1 Å². The Hall–Kier alpha value is -1.45. The minimum Gasteiger partial charge on any atom is -0.481 e. The number of carbonyl (C=O) groups is 1. The summed E-state index contributed by atoms with van der Waals surface area (Å²) >= 11 is 0. The fraction of sp³-hybridized carbons (Fsp3) is 0.533. The van der Waals surface area contributed by atoms with Crippen LogP contribution in [0.4, 0.5) is 8.78 Å². The van der Waals surface area contributed by atoms with Crippen molar-refractivity contribution in [2.24, 2.45) is 11.3 Å². The summed E-state index contributed by atoms with van der Waals surface area (Å²) in [6.45, 7) is 2.03. The number of halogens is 2. The molecule has 1 saturated carbocycles. The average Bonchev–Trinajstić information content (AvgIpc) is 2.80. The Morgan fingerprint density at radius 3 is 2.79 bits per heavy atom. The molecule has 0 aromatic heterocycles. The number of rotatable bonds is 4. The maximum atomic E-state index is 13.7. The summed E-state index contributed by atoms with van der Waals surface area (Å²) in [5.41, 5.74) is -0.769. The molecule has 0 saturated heterocycles. The highest BCUT2D eigenvalue weighted by Crippen LogP contribution is 2.46. The van der Waals surface area contributed by atoms with Crippen LogP contribution in [0.3, 0.4) is 0 Å². The third-order valence-electron chi connectivity index (χ3n) is 4.30. The molecule has 1 aliphatic carbocycles. The lowest BCUT2D eigenvalue weighted by Crippen LogP contribution is -2.31. The second-order valence-corrected chi connectivity index (χ2v) is 5.49. The highest BCUT2D eigenvalue weighted by atomic mass is 19.2. The van der Waals surface area contributed by atoms with E-state index in [9.17, 15) is 18.7 Å². The topological polar surface area (TPSA) is 37.3 Å².